The molecule has 2 rings (SSSR count). The Morgan fingerprint density at radius 3 is 2.44 bits per heavy atom. The molecule has 2 N–H and O–H groups in total. The van der Waals surface area contributed by atoms with Gasteiger partial charge in [-0.15, -0.1) is 4.83 Å². The largest absolute Gasteiger partial charge is 0.308 e. The van der Waals surface area contributed by atoms with Gasteiger partial charge in [-0.05, 0) is 43.7 Å². The molecular formula is C12H13BrN2O2S. The van der Waals surface area contributed by atoms with Gasteiger partial charge in [-0.1, -0.05) is 27.6 Å². The van der Waals surface area contributed by atoms with Gasteiger partial charge < -0.3 is 5.43 Å². The maximum atomic E-state index is 11.9. The molecule has 0 unspecified atom stereocenters. The van der Waals surface area contributed by atoms with Gasteiger partial charge in [0.15, 0.2) is 0 Å². The van der Waals surface area contributed by atoms with Crippen LogP contribution in [0.2, 0.25) is 0 Å². The first kappa shape index (κ1) is 13.3. The lowest BCUT2D eigenvalue weighted by Crippen LogP contribution is -2.36. The van der Waals surface area contributed by atoms with E-state index in [1.807, 2.05) is 19.1 Å². The molecule has 96 valence electrons. The second-order valence-corrected chi connectivity index (χ2v) is 6.64. The minimum atomic E-state index is -3.53. The molecule has 6 heteroatoms. The van der Waals surface area contributed by atoms with Crippen LogP contribution >= 0.6 is 15.9 Å². The average Bonchev–Trinajstić information content (AvgIpc) is 2.73. The predicted molar refractivity (Wildman–Crippen MR) is 74.1 cm³/mol. The van der Waals surface area contributed by atoms with E-state index >= 15 is 0 Å². The van der Waals surface area contributed by atoms with E-state index < -0.39 is 10.0 Å². The molecule has 0 saturated heterocycles. The van der Waals surface area contributed by atoms with Gasteiger partial charge in [-0.25, -0.2) is 8.42 Å². The van der Waals surface area contributed by atoms with Crippen LogP contribution in [-0.4, -0.2) is 8.42 Å². The Balaban J connectivity index is 2.06. The molecule has 1 aromatic rings. The summed E-state index contributed by atoms with van der Waals surface area (Å²) in [4.78, 5) is 2.57. The third kappa shape index (κ3) is 3.22. The molecule has 18 heavy (non-hydrogen) atoms. The topological polar surface area (TPSA) is 58.2 Å². The third-order valence-electron chi connectivity index (χ3n) is 2.50. The number of hydrazine groups is 1. The van der Waals surface area contributed by atoms with E-state index in [2.05, 4.69) is 26.2 Å². The van der Waals surface area contributed by atoms with Crippen molar-refractivity contribution in [2.24, 2.45) is 0 Å². The number of hydrogen-bond donors (Lipinski definition) is 2. The van der Waals surface area contributed by atoms with Crippen molar-refractivity contribution in [3.63, 3.8) is 0 Å². The monoisotopic (exact) mass is 328 g/mol. The van der Waals surface area contributed by atoms with Gasteiger partial charge >= 0.3 is 0 Å². The molecule has 4 nitrogen and oxygen atoms in total. The predicted octanol–water partition coefficient (Wildman–Crippen LogP) is 2.47. The van der Waals surface area contributed by atoms with Crippen molar-refractivity contribution in [3.8, 4) is 0 Å². The zero-order chi connectivity index (χ0) is 13.2. The summed E-state index contributed by atoms with van der Waals surface area (Å²) in [6.07, 6.45) is 4.69. The first-order chi connectivity index (χ1) is 8.47. The molecule has 0 radical (unpaired) electrons. The molecule has 0 aliphatic heterocycles. The van der Waals surface area contributed by atoms with E-state index in [1.54, 1.807) is 12.1 Å². The van der Waals surface area contributed by atoms with Gasteiger partial charge in [0.05, 0.1) is 4.90 Å². The van der Waals surface area contributed by atoms with Gasteiger partial charge in [0.1, 0.15) is 0 Å². The van der Waals surface area contributed by atoms with Crippen LogP contribution in [0.25, 0.3) is 0 Å². The first-order valence-corrected chi connectivity index (χ1v) is 7.66. The number of rotatable bonds is 4. The quantitative estimate of drug-likeness (QED) is 0.835. The Labute approximate surface area is 115 Å². The molecule has 1 aliphatic carbocycles. The maximum absolute atomic E-state index is 11.9. The number of benzene rings is 1. The highest BCUT2D eigenvalue weighted by Crippen LogP contribution is 2.16. The van der Waals surface area contributed by atoms with Crippen LogP contribution in [0, 0.1) is 0 Å². The van der Waals surface area contributed by atoms with Gasteiger partial charge in [0.2, 0.25) is 0 Å². The lowest BCUT2D eigenvalue weighted by molar-refractivity contribution is 0.572. The molecule has 0 aromatic heterocycles. The fourth-order valence-corrected chi connectivity index (χ4v) is 2.67. The van der Waals surface area contributed by atoms with Crippen molar-refractivity contribution in [2.75, 3.05) is 0 Å². The lowest BCUT2D eigenvalue weighted by atomic mass is 10.3. The molecule has 0 bridgehead atoms. The SMILES string of the molecule is CC1=CC(NNS(=O)(=O)c2ccc(Br)cc2)=CC1. The fraction of sp³-hybridized carbons (Fsp3) is 0.167. The van der Waals surface area contributed by atoms with Crippen LogP contribution in [0.5, 0.6) is 0 Å². The van der Waals surface area contributed by atoms with E-state index in [-0.39, 0.29) is 4.90 Å². The molecule has 1 aliphatic rings. The van der Waals surface area contributed by atoms with Gasteiger partial charge in [-0.2, -0.15) is 0 Å². The number of sulfonamides is 1. The summed E-state index contributed by atoms with van der Waals surface area (Å²) < 4.78 is 24.7. The van der Waals surface area contributed by atoms with Crippen LogP contribution < -0.4 is 10.3 Å². The maximum Gasteiger partial charge on any atom is 0.257 e. The lowest BCUT2D eigenvalue weighted by Gasteiger charge is -2.09. The second-order valence-electron chi connectivity index (χ2n) is 4.04. The Kier molecular flexibility index (Phi) is 3.89. The molecule has 0 saturated carbocycles. The Hall–Kier alpha value is -1.11. The van der Waals surface area contributed by atoms with Crippen LogP contribution in [0.3, 0.4) is 0 Å². The summed E-state index contributed by atoms with van der Waals surface area (Å²) in [5.74, 6) is 0. The normalized spacial score (nSPS) is 15.2. The van der Waals surface area contributed by atoms with Gasteiger partial charge in [0.25, 0.3) is 10.0 Å². The van der Waals surface area contributed by atoms with Crippen LogP contribution in [0.1, 0.15) is 13.3 Å². The van der Waals surface area contributed by atoms with E-state index in [0.29, 0.717) is 0 Å². The average molecular weight is 329 g/mol. The van der Waals surface area contributed by atoms with Crippen molar-refractivity contribution in [3.05, 3.63) is 52.2 Å². The molecule has 0 fully saturated rings. The molecular weight excluding hydrogens is 316 g/mol. The molecule has 0 atom stereocenters. The highest BCUT2D eigenvalue weighted by molar-refractivity contribution is 9.10. The number of hydrogen-bond acceptors (Lipinski definition) is 3. The van der Waals surface area contributed by atoms with Crippen molar-refractivity contribution < 1.29 is 8.42 Å². The highest BCUT2D eigenvalue weighted by atomic mass is 79.9. The zero-order valence-electron chi connectivity index (χ0n) is 9.77. The number of nitrogens with one attached hydrogen (secondary N) is 2. The summed E-state index contributed by atoms with van der Waals surface area (Å²) in [5.41, 5.74) is 4.67. The van der Waals surface area contributed by atoms with Crippen LogP contribution in [0.15, 0.2) is 57.1 Å². The van der Waals surface area contributed by atoms with Gasteiger partial charge in [0, 0.05) is 10.2 Å². The van der Waals surface area contributed by atoms with E-state index in [1.165, 1.54) is 17.7 Å². The van der Waals surface area contributed by atoms with Crippen molar-refractivity contribution in [1.82, 2.24) is 10.3 Å². The van der Waals surface area contributed by atoms with Crippen LogP contribution in [0.4, 0.5) is 0 Å². The summed E-state index contributed by atoms with van der Waals surface area (Å²) in [5, 5.41) is 0. The Bertz CT molecular complexity index is 603. The van der Waals surface area contributed by atoms with E-state index in [0.717, 1.165) is 16.6 Å². The van der Waals surface area contributed by atoms with Crippen molar-refractivity contribution >= 4 is 26.0 Å². The minimum absolute atomic E-state index is 0.220. The standard InChI is InChI=1S/C12H13BrN2O2S/c1-9-2-5-11(8-9)14-15-18(16,17)12-6-3-10(13)4-7-12/h3-8,14-15H,2H2,1H3. The first-order valence-electron chi connectivity index (χ1n) is 5.38. The fourth-order valence-electron chi connectivity index (χ4n) is 1.54. The second kappa shape index (κ2) is 5.26. The summed E-state index contributed by atoms with van der Waals surface area (Å²) >= 11 is 3.26. The van der Waals surface area contributed by atoms with E-state index in [4.69, 9.17) is 0 Å². The third-order valence-corrected chi connectivity index (χ3v) is 4.29. The summed E-state index contributed by atoms with van der Waals surface area (Å²) in [6.45, 7) is 1.99. The van der Waals surface area contributed by atoms with E-state index in [9.17, 15) is 8.42 Å². The number of halogens is 1. The van der Waals surface area contributed by atoms with Gasteiger partial charge in [-0.3, -0.25) is 0 Å². The Morgan fingerprint density at radius 1 is 1.22 bits per heavy atom. The summed E-state index contributed by atoms with van der Waals surface area (Å²) in [7, 11) is -3.53. The molecule has 0 spiro atoms. The zero-order valence-corrected chi connectivity index (χ0v) is 12.2. The highest BCUT2D eigenvalue weighted by Gasteiger charge is 2.14. The molecule has 1 aromatic carbocycles. The smallest absolute Gasteiger partial charge is 0.257 e. The van der Waals surface area contributed by atoms with Crippen molar-refractivity contribution in [1.29, 1.82) is 0 Å². The summed E-state index contributed by atoms with van der Waals surface area (Å²) in [6, 6.07) is 6.46. The van der Waals surface area contributed by atoms with Crippen molar-refractivity contribution in [2.45, 2.75) is 18.2 Å². The van der Waals surface area contributed by atoms with Crippen LogP contribution in [-0.2, 0) is 10.0 Å². The Morgan fingerprint density at radius 2 is 1.89 bits per heavy atom. The molecule has 0 amide bonds. The molecule has 0 heterocycles. The number of allylic oxidation sites excluding steroid dienone is 3. The minimum Gasteiger partial charge on any atom is -0.308 e.